The predicted molar refractivity (Wildman–Crippen MR) is 130 cm³/mol. The van der Waals surface area contributed by atoms with Crippen molar-refractivity contribution < 1.29 is 14.4 Å². The fraction of sp³-hybridized carbons (Fsp3) is 0.741. The van der Waals surface area contributed by atoms with Crippen LogP contribution in [0, 0.1) is 17.3 Å². The zero-order valence-electron chi connectivity index (χ0n) is 20.5. The molecule has 3 fully saturated rings. The standard InChI is InChI=1S/C27H41N3O3/c1-29(2)16-23-25(32-17-21-4-5-21)9-7-22-24(28-33-26(22)23)8-6-20-10-14-30(15-11-20)18-27(19-31)12-3-13-27/h7,9,20-21,31H,3-6,8,10-19H2,1-2H3. The van der Waals surface area contributed by atoms with Gasteiger partial charge in [0, 0.05) is 30.5 Å². The number of fused-ring (bicyclic) bond motifs is 1. The van der Waals surface area contributed by atoms with E-state index < -0.39 is 0 Å². The van der Waals surface area contributed by atoms with Gasteiger partial charge in [-0.3, -0.25) is 0 Å². The summed E-state index contributed by atoms with van der Waals surface area (Å²) in [6, 6.07) is 4.28. The number of hydrogen-bond acceptors (Lipinski definition) is 6. The third kappa shape index (κ3) is 5.39. The molecule has 1 aromatic heterocycles. The molecule has 1 aromatic carbocycles. The highest BCUT2D eigenvalue weighted by Crippen LogP contribution is 2.42. The largest absolute Gasteiger partial charge is 0.493 e. The zero-order chi connectivity index (χ0) is 22.8. The quantitative estimate of drug-likeness (QED) is 0.539. The molecule has 6 nitrogen and oxygen atoms in total. The molecule has 0 atom stereocenters. The Bertz CT molecular complexity index is 919. The summed E-state index contributed by atoms with van der Waals surface area (Å²) >= 11 is 0. The molecule has 0 amide bonds. The number of likely N-dealkylation sites (tertiary alicyclic amines) is 1. The minimum Gasteiger partial charge on any atom is -0.493 e. The smallest absolute Gasteiger partial charge is 0.175 e. The van der Waals surface area contributed by atoms with Gasteiger partial charge in [0.15, 0.2) is 5.58 Å². The minimum atomic E-state index is 0.206. The Balaban J connectivity index is 1.19. The van der Waals surface area contributed by atoms with E-state index in [4.69, 9.17) is 9.26 Å². The minimum absolute atomic E-state index is 0.206. The first-order chi connectivity index (χ1) is 16.0. The van der Waals surface area contributed by atoms with Crippen LogP contribution in [0.2, 0.25) is 0 Å². The molecule has 2 aromatic rings. The molecule has 2 heterocycles. The van der Waals surface area contributed by atoms with Crippen molar-refractivity contribution >= 4 is 11.0 Å². The predicted octanol–water partition coefficient (Wildman–Crippen LogP) is 4.49. The lowest BCUT2D eigenvalue weighted by Crippen LogP contribution is -2.47. The first-order valence-electron chi connectivity index (χ1n) is 13.1. The topological polar surface area (TPSA) is 62.0 Å². The molecule has 0 bridgehead atoms. The number of ether oxygens (including phenoxy) is 1. The Hall–Kier alpha value is -1.63. The summed E-state index contributed by atoms with van der Waals surface area (Å²) in [5.41, 5.74) is 3.32. The molecule has 0 unspecified atom stereocenters. The van der Waals surface area contributed by atoms with Crippen LogP contribution in [-0.2, 0) is 13.0 Å². The van der Waals surface area contributed by atoms with Gasteiger partial charge in [-0.25, -0.2) is 0 Å². The molecular formula is C27H41N3O3. The summed E-state index contributed by atoms with van der Waals surface area (Å²) in [7, 11) is 4.17. The third-order valence-electron chi connectivity index (χ3n) is 8.23. The van der Waals surface area contributed by atoms with Gasteiger partial charge < -0.3 is 24.2 Å². The molecule has 33 heavy (non-hydrogen) atoms. The van der Waals surface area contributed by atoms with Gasteiger partial charge in [0.2, 0.25) is 0 Å². The maximum absolute atomic E-state index is 9.78. The molecule has 1 aliphatic heterocycles. The molecular weight excluding hydrogens is 414 g/mol. The van der Waals surface area contributed by atoms with Gasteiger partial charge in [-0.05, 0) is 103 Å². The van der Waals surface area contributed by atoms with Crippen LogP contribution in [-0.4, -0.2) is 67.0 Å². The van der Waals surface area contributed by atoms with E-state index in [2.05, 4.69) is 41.2 Å². The first-order valence-corrected chi connectivity index (χ1v) is 13.1. The first kappa shape index (κ1) is 23.1. The second-order valence-electron chi connectivity index (χ2n) is 11.3. The van der Waals surface area contributed by atoms with Crippen LogP contribution in [0.5, 0.6) is 5.75 Å². The Morgan fingerprint density at radius 1 is 1.15 bits per heavy atom. The summed E-state index contributed by atoms with van der Waals surface area (Å²) in [6.45, 7) is 5.38. The third-order valence-corrected chi connectivity index (χ3v) is 8.23. The van der Waals surface area contributed by atoms with Crippen LogP contribution >= 0.6 is 0 Å². The summed E-state index contributed by atoms with van der Waals surface area (Å²) in [5, 5.41) is 15.4. The van der Waals surface area contributed by atoms with Gasteiger partial charge in [0.25, 0.3) is 0 Å². The SMILES string of the molecule is CN(C)Cc1c(OCC2CC2)ccc2c(CCC3CCN(CC4(CO)CCC4)CC3)noc12. The molecule has 0 radical (unpaired) electrons. The number of benzene rings is 1. The molecule has 2 saturated carbocycles. The molecule has 3 aliphatic rings. The number of hydrogen-bond donors (Lipinski definition) is 1. The highest BCUT2D eigenvalue weighted by Gasteiger charge is 2.38. The van der Waals surface area contributed by atoms with Crippen LogP contribution in [0.15, 0.2) is 16.7 Å². The second kappa shape index (κ2) is 9.93. The van der Waals surface area contributed by atoms with Gasteiger partial charge in [-0.1, -0.05) is 11.6 Å². The van der Waals surface area contributed by atoms with Crippen LogP contribution in [0.4, 0.5) is 0 Å². The normalized spacial score (nSPS) is 21.6. The van der Waals surface area contributed by atoms with Crippen molar-refractivity contribution in [1.29, 1.82) is 0 Å². The Morgan fingerprint density at radius 3 is 2.58 bits per heavy atom. The molecule has 2 aliphatic carbocycles. The van der Waals surface area contributed by atoms with Gasteiger partial charge in [-0.2, -0.15) is 0 Å². The highest BCUT2D eigenvalue weighted by atomic mass is 16.5. The van der Waals surface area contributed by atoms with E-state index in [1.54, 1.807) is 0 Å². The van der Waals surface area contributed by atoms with Gasteiger partial charge >= 0.3 is 0 Å². The second-order valence-corrected chi connectivity index (χ2v) is 11.3. The Kier molecular flexibility index (Phi) is 6.96. The number of aliphatic hydroxyl groups is 1. The maximum atomic E-state index is 9.78. The summed E-state index contributed by atoms with van der Waals surface area (Å²) in [5.74, 6) is 2.43. The van der Waals surface area contributed by atoms with Crippen molar-refractivity contribution in [1.82, 2.24) is 15.0 Å². The van der Waals surface area contributed by atoms with Crippen molar-refractivity contribution in [2.75, 3.05) is 46.9 Å². The number of aliphatic hydroxyl groups excluding tert-OH is 1. The number of piperidine rings is 1. The lowest BCUT2D eigenvalue weighted by molar-refractivity contribution is -0.00152. The average Bonchev–Trinajstić information content (AvgIpc) is 3.53. The Morgan fingerprint density at radius 2 is 1.94 bits per heavy atom. The van der Waals surface area contributed by atoms with Crippen molar-refractivity contribution in [2.45, 2.75) is 64.3 Å². The van der Waals surface area contributed by atoms with Crippen molar-refractivity contribution in [3.63, 3.8) is 0 Å². The van der Waals surface area contributed by atoms with E-state index >= 15 is 0 Å². The van der Waals surface area contributed by atoms with E-state index in [1.165, 1.54) is 64.5 Å². The van der Waals surface area contributed by atoms with E-state index in [0.717, 1.165) is 65.9 Å². The van der Waals surface area contributed by atoms with Crippen molar-refractivity contribution in [3.05, 3.63) is 23.4 Å². The van der Waals surface area contributed by atoms with E-state index in [-0.39, 0.29) is 5.41 Å². The van der Waals surface area contributed by atoms with E-state index in [1.807, 2.05) is 0 Å². The summed E-state index contributed by atoms with van der Waals surface area (Å²) in [6.07, 6.45) is 10.9. The average molecular weight is 456 g/mol. The monoisotopic (exact) mass is 455 g/mol. The summed E-state index contributed by atoms with van der Waals surface area (Å²) < 4.78 is 12.1. The lowest BCUT2D eigenvalue weighted by atomic mass is 9.69. The van der Waals surface area contributed by atoms with Gasteiger partial charge in [0.05, 0.1) is 17.9 Å². The highest BCUT2D eigenvalue weighted by molar-refractivity contribution is 5.84. The van der Waals surface area contributed by atoms with E-state index in [0.29, 0.717) is 6.61 Å². The van der Waals surface area contributed by atoms with Gasteiger partial charge in [0.1, 0.15) is 5.75 Å². The number of aromatic nitrogens is 1. The zero-order valence-corrected chi connectivity index (χ0v) is 20.5. The van der Waals surface area contributed by atoms with Crippen LogP contribution in [0.1, 0.15) is 62.6 Å². The molecule has 5 rings (SSSR count). The molecule has 1 N–H and O–H groups in total. The molecule has 182 valence electrons. The summed E-state index contributed by atoms with van der Waals surface area (Å²) in [4.78, 5) is 4.76. The molecule has 0 spiro atoms. The maximum Gasteiger partial charge on any atom is 0.175 e. The number of aryl methyl sites for hydroxylation is 1. The fourth-order valence-electron chi connectivity index (χ4n) is 5.66. The van der Waals surface area contributed by atoms with E-state index in [9.17, 15) is 5.11 Å². The lowest BCUT2D eigenvalue weighted by Gasteiger charge is -2.45. The molecule has 1 saturated heterocycles. The van der Waals surface area contributed by atoms with Crippen LogP contribution < -0.4 is 4.74 Å². The molecule has 6 heteroatoms. The van der Waals surface area contributed by atoms with Crippen LogP contribution in [0.3, 0.4) is 0 Å². The van der Waals surface area contributed by atoms with Crippen molar-refractivity contribution in [3.8, 4) is 5.75 Å². The van der Waals surface area contributed by atoms with Crippen molar-refractivity contribution in [2.24, 2.45) is 17.3 Å². The fourth-order valence-corrected chi connectivity index (χ4v) is 5.66. The van der Waals surface area contributed by atoms with Crippen LogP contribution in [0.25, 0.3) is 11.0 Å². The number of rotatable bonds is 11. The number of nitrogens with zero attached hydrogens (tertiary/aromatic N) is 3. The van der Waals surface area contributed by atoms with Gasteiger partial charge in [-0.15, -0.1) is 0 Å². The Labute approximate surface area is 198 Å².